The number of hydrogen-bond donors (Lipinski definition) is 4. The quantitative estimate of drug-likeness (QED) is 0.240. The number of nitrogens with two attached hydrogens (primary N) is 1. The molecule has 1 saturated carbocycles. The number of hydrogen-bond acceptors (Lipinski definition) is 6. The van der Waals surface area contributed by atoms with Crippen LogP contribution in [0.15, 0.2) is 49.0 Å². The van der Waals surface area contributed by atoms with Crippen LogP contribution in [0, 0.1) is 12.3 Å². The number of methoxy groups -OCH3 is 1. The second-order valence-electron chi connectivity index (χ2n) is 9.29. The Kier molecular flexibility index (Phi) is 7.48. The van der Waals surface area contributed by atoms with Crippen LogP contribution >= 0.6 is 0 Å². The predicted molar refractivity (Wildman–Crippen MR) is 149 cm³/mol. The number of nitrogens with zero attached hydrogens (tertiary/aromatic N) is 2. The lowest BCUT2D eigenvalue weighted by atomic mass is 9.91. The second-order valence-corrected chi connectivity index (χ2v) is 9.29. The summed E-state index contributed by atoms with van der Waals surface area (Å²) in [5.74, 6) is -1.94. The number of aromatic nitrogens is 1. The van der Waals surface area contributed by atoms with Crippen LogP contribution in [0.4, 0.5) is 5.69 Å². The first-order chi connectivity index (χ1) is 18.5. The molecule has 3 aromatic rings. The van der Waals surface area contributed by atoms with E-state index in [2.05, 4.69) is 16.9 Å². The van der Waals surface area contributed by atoms with Crippen molar-refractivity contribution in [3.05, 3.63) is 82.7 Å². The normalized spacial score (nSPS) is 12.4. The number of aryl methyl sites for hydroxylation is 1. The van der Waals surface area contributed by atoms with Gasteiger partial charge >= 0.3 is 5.97 Å². The number of aromatic carboxylic acids is 1. The van der Waals surface area contributed by atoms with Gasteiger partial charge in [-0.25, -0.2) is 9.78 Å². The molecule has 1 aliphatic carbocycles. The predicted octanol–water partition coefficient (Wildman–Crippen LogP) is 4.18. The van der Waals surface area contributed by atoms with Crippen molar-refractivity contribution in [3.63, 3.8) is 0 Å². The van der Waals surface area contributed by atoms with Crippen molar-refractivity contribution in [2.24, 2.45) is 5.73 Å². The first-order valence-corrected chi connectivity index (χ1v) is 12.2. The highest BCUT2D eigenvalue weighted by Crippen LogP contribution is 2.36. The summed E-state index contributed by atoms with van der Waals surface area (Å²) in [5.41, 5.74) is 7.74. The van der Waals surface area contributed by atoms with Crippen molar-refractivity contribution in [2.45, 2.75) is 25.8 Å². The fraction of sp³-hybridized carbons (Fsp3) is 0.207. The fourth-order valence-corrected chi connectivity index (χ4v) is 4.34. The van der Waals surface area contributed by atoms with Crippen molar-refractivity contribution in [3.8, 4) is 16.9 Å². The zero-order valence-electron chi connectivity index (χ0n) is 21.9. The number of pyridine rings is 1. The Hall–Kier alpha value is -4.99. The topological polar surface area (TPSA) is 159 Å². The Bertz CT molecular complexity index is 1510. The van der Waals surface area contributed by atoms with Crippen LogP contribution in [-0.4, -0.2) is 58.8 Å². The molecule has 1 heterocycles. The SMILES string of the molecule is C=Cc1cc(C(=O)Nc2ccc(C(=N)N)cc2)c(-c2c(C)cc(C(=O)N(C)C3CC3)nc2C(=O)O)cc1OC. The van der Waals surface area contributed by atoms with Gasteiger partial charge in [-0.15, -0.1) is 0 Å². The van der Waals surface area contributed by atoms with Crippen molar-refractivity contribution in [1.82, 2.24) is 9.88 Å². The van der Waals surface area contributed by atoms with Gasteiger partial charge in [-0.3, -0.25) is 15.0 Å². The van der Waals surface area contributed by atoms with Crippen LogP contribution in [0.3, 0.4) is 0 Å². The highest BCUT2D eigenvalue weighted by Gasteiger charge is 2.32. The summed E-state index contributed by atoms with van der Waals surface area (Å²) >= 11 is 0. The smallest absolute Gasteiger partial charge is 0.355 e. The van der Waals surface area contributed by atoms with E-state index < -0.39 is 11.9 Å². The second kappa shape index (κ2) is 10.8. The molecule has 1 aliphatic rings. The molecule has 0 bridgehead atoms. The van der Waals surface area contributed by atoms with Crippen LogP contribution in [0.25, 0.3) is 17.2 Å². The Balaban J connectivity index is 1.85. The van der Waals surface area contributed by atoms with Gasteiger partial charge in [-0.1, -0.05) is 12.7 Å². The molecule has 1 fully saturated rings. The summed E-state index contributed by atoms with van der Waals surface area (Å²) in [6.07, 6.45) is 3.33. The van der Waals surface area contributed by atoms with Gasteiger partial charge in [-0.2, -0.15) is 0 Å². The van der Waals surface area contributed by atoms with Crippen molar-refractivity contribution >= 4 is 35.4 Å². The van der Waals surface area contributed by atoms with E-state index in [0.717, 1.165) is 12.8 Å². The van der Waals surface area contributed by atoms with Gasteiger partial charge in [0.15, 0.2) is 5.69 Å². The molecular weight excluding hydrogens is 498 g/mol. The number of rotatable bonds is 9. The number of amides is 2. The van der Waals surface area contributed by atoms with E-state index in [9.17, 15) is 19.5 Å². The van der Waals surface area contributed by atoms with Crippen LogP contribution in [0.2, 0.25) is 0 Å². The highest BCUT2D eigenvalue weighted by molar-refractivity contribution is 6.11. The molecule has 0 unspecified atom stereocenters. The number of ether oxygens (including phenoxy) is 1. The van der Waals surface area contributed by atoms with Crippen molar-refractivity contribution < 1.29 is 24.2 Å². The minimum Gasteiger partial charge on any atom is -0.496 e. The largest absolute Gasteiger partial charge is 0.496 e. The molecule has 10 nitrogen and oxygen atoms in total. The number of amidine groups is 1. The lowest BCUT2D eigenvalue weighted by molar-refractivity contribution is 0.0690. The third kappa shape index (κ3) is 5.49. The summed E-state index contributed by atoms with van der Waals surface area (Å²) in [6.45, 7) is 5.46. The summed E-state index contributed by atoms with van der Waals surface area (Å²) in [5, 5.41) is 20.5. The number of nitrogens with one attached hydrogen (secondary N) is 2. The number of carbonyl (C=O) groups excluding carboxylic acids is 2. The number of benzene rings is 2. The molecule has 200 valence electrons. The molecule has 0 spiro atoms. The maximum Gasteiger partial charge on any atom is 0.355 e. The third-order valence-electron chi connectivity index (χ3n) is 6.61. The van der Waals surface area contributed by atoms with Gasteiger partial charge in [-0.05, 0) is 67.8 Å². The molecule has 0 radical (unpaired) electrons. The van der Waals surface area contributed by atoms with Crippen LogP contribution < -0.4 is 15.8 Å². The molecule has 4 rings (SSSR count). The minimum absolute atomic E-state index is 0.0225. The standard InChI is InChI=1S/C29H29N5O5/c1-5-16-13-21(27(35)32-18-8-6-17(7-9-18)26(30)31)20(14-23(16)39-4)24-15(2)12-22(33-25(24)29(37)38)28(36)34(3)19-10-11-19/h5-9,12-14,19H,1,10-11H2,2-4H3,(H3,30,31)(H,32,35)(H,37,38). The first-order valence-electron chi connectivity index (χ1n) is 12.2. The van der Waals surface area contributed by atoms with Crippen LogP contribution in [0.1, 0.15) is 60.9 Å². The first kappa shape index (κ1) is 27.1. The Morgan fingerprint density at radius 2 is 1.87 bits per heavy atom. The molecule has 5 N–H and O–H groups in total. The zero-order valence-corrected chi connectivity index (χ0v) is 21.9. The van der Waals surface area contributed by atoms with Crippen molar-refractivity contribution in [2.75, 3.05) is 19.5 Å². The number of anilines is 1. The third-order valence-corrected chi connectivity index (χ3v) is 6.61. The Morgan fingerprint density at radius 3 is 2.41 bits per heavy atom. The maximum atomic E-state index is 13.6. The lowest BCUT2D eigenvalue weighted by Crippen LogP contribution is -2.30. The summed E-state index contributed by atoms with van der Waals surface area (Å²) in [4.78, 5) is 44.8. The number of carboxylic acid groups (broad SMARTS) is 1. The van der Waals surface area contributed by atoms with E-state index in [1.165, 1.54) is 13.2 Å². The molecule has 0 saturated heterocycles. The van der Waals surface area contributed by atoms with Gasteiger partial charge < -0.3 is 25.8 Å². The molecular formula is C29H29N5O5. The van der Waals surface area contributed by atoms with Crippen LogP contribution in [-0.2, 0) is 0 Å². The fourth-order valence-electron chi connectivity index (χ4n) is 4.34. The summed E-state index contributed by atoms with van der Waals surface area (Å²) in [7, 11) is 3.14. The molecule has 10 heteroatoms. The van der Waals surface area contributed by atoms with E-state index in [1.807, 2.05) is 0 Å². The number of carboxylic acids is 1. The molecule has 2 aromatic carbocycles. The Labute approximate surface area is 225 Å². The number of carbonyl (C=O) groups is 3. The van der Waals surface area contributed by atoms with Gasteiger partial charge in [0.25, 0.3) is 11.8 Å². The lowest BCUT2D eigenvalue weighted by Gasteiger charge is -2.20. The molecule has 0 atom stereocenters. The molecule has 39 heavy (non-hydrogen) atoms. The number of nitrogen functional groups attached to an aromatic ring is 1. The monoisotopic (exact) mass is 527 g/mol. The van der Waals surface area contributed by atoms with Gasteiger partial charge in [0.1, 0.15) is 17.3 Å². The molecule has 1 aromatic heterocycles. The highest BCUT2D eigenvalue weighted by atomic mass is 16.5. The van der Waals surface area contributed by atoms with E-state index in [0.29, 0.717) is 28.1 Å². The van der Waals surface area contributed by atoms with Gasteiger partial charge in [0.2, 0.25) is 0 Å². The minimum atomic E-state index is -1.34. The van der Waals surface area contributed by atoms with Gasteiger partial charge in [0.05, 0.1) is 7.11 Å². The average molecular weight is 528 g/mol. The van der Waals surface area contributed by atoms with E-state index in [4.69, 9.17) is 15.9 Å². The van der Waals surface area contributed by atoms with E-state index in [1.54, 1.807) is 61.3 Å². The summed E-state index contributed by atoms with van der Waals surface area (Å²) < 4.78 is 5.49. The summed E-state index contributed by atoms with van der Waals surface area (Å²) in [6, 6.07) is 11.2. The Morgan fingerprint density at radius 1 is 1.21 bits per heavy atom. The molecule has 2 amide bonds. The van der Waals surface area contributed by atoms with E-state index in [-0.39, 0.29) is 45.9 Å². The molecule has 0 aliphatic heterocycles. The average Bonchev–Trinajstić information content (AvgIpc) is 3.77. The van der Waals surface area contributed by atoms with Crippen molar-refractivity contribution in [1.29, 1.82) is 5.41 Å². The maximum absolute atomic E-state index is 13.6. The van der Waals surface area contributed by atoms with E-state index >= 15 is 0 Å². The van der Waals surface area contributed by atoms with Crippen LogP contribution in [0.5, 0.6) is 5.75 Å². The van der Waals surface area contributed by atoms with Gasteiger partial charge in [0, 0.05) is 46.6 Å². The zero-order chi connectivity index (χ0) is 28.4.